The van der Waals surface area contributed by atoms with E-state index >= 15 is 0 Å². The number of carbonyl (C=O) groups is 2. The second kappa shape index (κ2) is 6.57. The van der Waals surface area contributed by atoms with Gasteiger partial charge in [-0.25, -0.2) is 0 Å². The highest BCUT2D eigenvalue weighted by Crippen LogP contribution is 2.20. The second-order valence-corrected chi connectivity index (χ2v) is 5.68. The molecule has 1 aliphatic rings. The first-order valence-electron chi connectivity index (χ1n) is 7.31. The summed E-state index contributed by atoms with van der Waals surface area (Å²) in [6, 6.07) is 7.57. The van der Waals surface area contributed by atoms with Gasteiger partial charge in [0, 0.05) is 36.3 Å². The molecule has 0 aromatic heterocycles. The Kier molecular flexibility index (Phi) is 4.78. The van der Waals surface area contributed by atoms with Crippen molar-refractivity contribution >= 4 is 11.7 Å². The quantitative estimate of drug-likeness (QED) is 0.682. The molecule has 1 aromatic carbocycles. The number of likely N-dealkylation sites (tertiary alicyclic amines) is 1. The van der Waals surface area contributed by atoms with E-state index in [1.165, 1.54) is 0 Å². The van der Waals surface area contributed by atoms with Gasteiger partial charge < -0.3 is 10.6 Å². The summed E-state index contributed by atoms with van der Waals surface area (Å²) in [6.45, 7) is 5.49. The zero-order valence-electron chi connectivity index (χ0n) is 12.6. The van der Waals surface area contributed by atoms with Crippen molar-refractivity contribution in [1.82, 2.24) is 4.90 Å². The molecule has 0 aliphatic carbocycles. The largest absolute Gasteiger partial charge is 0.375 e. The van der Waals surface area contributed by atoms with Crippen LogP contribution < -0.4 is 5.73 Å². The maximum Gasteiger partial charge on any atom is 0.220 e. The molecule has 0 unspecified atom stereocenters. The van der Waals surface area contributed by atoms with Gasteiger partial charge in [0.2, 0.25) is 5.91 Å². The van der Waals surface area contributed by atoms with Crippen LogP contribution in [0.25, 0.3) is 0 Å². The molecule has 112 valence electrons. The average molecular weight is 286 g/mol. The predicted octanol–water partition coefficient (Wildman–Crippen LogP) is 2.28. The number of nitrogens with two attached hydrogens (primary N) is 1. The van der Waals surface area contributed by atoms with Gasteiger partial charge >= 0.3 is 0 Å². The topological polar surface area (TPSA) is 63.4 Å². The third-order valence-electron chi connectivity index (χ3n) is 4.07. The van der Waals surface area contributed by atoms with E-state index in [-0.39, 0.29) is 17.6 Å². The van der Waals surface area contributed by atoms with Crippen molar-refractivity contribution in [2.45, 2.75) is 26.7 Å². The van der Waals surface area contributed by atoms with Gasteiger partial charge in [-0.2, -0.15) is 0 Å². The van der Waals surface area contributed by atoms with Crippen LogP contribution in [0.15, 0.2) is 36.0 Å². The van der Waals surface area contributed by atoms with Crippen LogP contribution in [-0.2, 0) is 4.79 Å². The van der Waals surface area contributed by atoms with Gasteiger partial charge in [0.05, 0.1) is 0 Å². The highest BCUT2D eigenvalue weighted by atomic mass is 16.1. The summed E-state index contributed by atoms with van der Waals surface area (Å²) in [5, 5.41) is 0. The summed E-state index contributed by atoms with van der Waals surface area (Å²) in [7, 11) is 0. The van der Waals surface area contributed by atoms with Gasteiger partial charge in [-0.05, 0) is 26.7 Å². The van der Waals surface area contributed by atoms with E-state index in [0.29, 0.717) is 5.56 Å². The number of allylic oxidation sites excluding steroid dienone is 2. The Balaban J connectivity index is 1.99. The highest BCUT2D eigenvalue weighted by Gasteiger charge is 2.23. The zero-order valence-corrected chi connectivity index (χ0v) is 12.6. The van der Waals surface area contributed by atoms with Crippen molar-refractivity contribution in [3.05, 3.63) is 47.2 Å². The van der Waals surface area contributed by atoms with E-state index < -0.39 is 0 Å². The third-order valence-corrected chi connectivity index (χ3v) is 4.07. The highest BCUT2D eigenvalue weighted by molar-refractivity contribution is 6.04. The number of hydrogen-bond acceptors (Lipinski definition) is 3. The standard InChI is InChI=1S/C17H22N2O2/c1-12-3-5-14(6-4-12)16(20)11-13(2)19-9-7-15(8-10-19)17(18)21/h3-6,11,15H,7-10H2,1-2H3,(H2,18,21)/b13-11+. The number of hydrogen-bond donors (Lipinski definition) is 1. The number of ketones is 1. The van der Waals surface area contributed by atoms with Gasteiger partial charge in [0.25, 0.3) is 0 Å². The first-order valence-corrected chi connectivity index (χ1v) is 7.31. The van der Waals surface area contributed by atoms with E-state index in [2.05, 4.69) is 4.90 Å². The third kappa shape index (κ3) is 3.94. The minimum atomic E-state index is -0.216. The molecule has 0 spiro atoms. The first-order chi connectivity index (χ1) is 9.97. The van der Waals surface area contributed by atoms with Crippen LogP contribution in [0, 0.1) is 12.8 Å². The van der Waals surface area contributed by atoms with Crippen LogP contribution in [0.3, 0.4) is 0 Å². The maximum absolute atomic E-state index is 12.2. The van der Waals surface area contributed by atoms with E-state index in [9.17, 15) is 9.59 Å². The lowest BCUT2D eigenvalue weighted by atomic mass is 9.96. The van der Waals surface area contributed by atoms with Crippen molar-refractivity contribution in [2.75, 3.05) is 13.1 Å². The van der Waals surface area contributed by atoms with Crippen LogP contribution >= 0.6 is 0 Å². The predicted molar refractivity (Wildman–Crippen MR) is 82.8 cm³/mol. The van der Waals surface area contributed by atoms with Crippen LogP contribution in [0.4, 0.5) is 0 Å². The van der Waals surface area contributed by atoms with Gasteiger partial charge in [0.1, 0.15) is 0 Å². The van der Waals surface area contributed by atoms with Crippen LogP contribution in [-0.4, -0.2) is 29.7 Å². The zero-order chi connectivity index (χ0) is 15.4. The Morgan fingerprint density at radius 2 is 1.76 bits per heavy atom. The van der Waals surface area contributed by atoms with Crippen LogP contribution in [0.5, 0.6) is 0 Å². The number of aryl methyl sites for hydroxylation is 1. The van der Waals surface area contributed by atoms with Crippen LogP contribution in [0.2, 0.25) is 0 Å². The molecule has 1 amide bonds. The van der Waals surface area contributed by atoms with Crippen molar-refractivity contribution in [2.24, 2.45) is 11.7 Å². The number of primary amides is 1. The summed E-state index contributed by atoms with van der Waals surface area (Å²) in [6.07, 6.45) is 3.20. The number of amides is 1. The van der Waals surface area contributed by atoms with Gasteiger partial charge in [0.15, 0.2) is 5.78 Å². The fourth-order valence-corrected chi connectivity index (χ4v) is 2.60. The Bertz CT molecular complexity index is 553. The molecule has 0 bridgehead atoms. The molecule has 1 saturated heterocycles. The molecule has 21 heavy (non-hydrogen) atoms. The van der Waals surface area contributed by atoms with E-state index in [0.717, 1.165) is 37.2 Å². The molecule has 2 rings (SSSR count). The molecule has 4 heteroatoms. The fourth-order valence-electron chi connectivity index (χ4n) is 2.60. The second-order valence-electron chi connectivity index (χ2n) is 5.68. The molecule has 1 fully saturated rings. The van der Waals surface area contributed by atoms with E-state index in [1.807, 2.05) is 38.1 Å². The number of benzene rings is 1. The molecule has 4 nitrogen and oxygen atoms in total. The van der Waals surface area contributed by atoms with Crippen molar-refractivity contribution in [3.63, 3.8) is 0 Å². The lowest BCUT2D eigenvalue weighted by Crippen LogP contribution is -2.37. The molecule has 1 heterocycles. The number of carbonyl (C=O) groups excluding carboxylic acids is 2. The summed E-state index contributed by atoms with van der Waals surface area (Å²) in [4.78, 5) is 25.5. The summed E-state index contributed by atoms with van der Waals surface area (Å²) >= 11 is 0. The van der Waals surface area contributed by atoms with Gasteiger partial charge in [-0.1, -0.05) is 29.8 Å². The monoisotopic (exact) mass is 286 g/mol. The van der Waals surface area contributed by atoms with E-state index in [1.54, 1.807) is 6.08 Å². The lowest BCUT2D eigenvalue weighted by Gasteiger charge is -2.32. The van der Waals surface area contributed by atoms with Crippen molar-refractivity contribution in [3.8, 4) is 0 Å². The number of nitrogens with zero attached hydrogens (tertiary/aromatic N) is 1. The molecule has 1 aliphatic heterocycles. The number of rotatable bonds is 4. The van der Waals surface area contributed by atoms with E-state index in [4.69, 9.17) is 5.73 Å². The molecule has 0 radical (unpaired) electrons. The SMILES string of the molecule is C/C(=C\C(=O)c1ccc(C)cc1)N1CCC(C(N)=O)CC1. The first kappa shape index (κ1) is 15.3. The van der Waals surface area contributed by atoms with Crippen molar-refractivity contribution < 1.29 is 9.59 Å². The number of piperidine rings is 1. The molecule has 1 aromatic rings. The van der Waals surface area contributed by atoms with Gasteiger partial charge in [-0.15, -0.1) is 0 Å². The molecular weight excluding hydrogens is 264 g/mol. The molecular formula is C17H22N2O2. The smallest absolute Gasteiger partial charge is 0.220 e. The molecule has 0 atom stereocenters. The Labute approximate surface area is 125 Å². The summed E-state index contributed by atoms with van der Waals surface area (Å²) in [5.41, 5.74) is 8.12. The normalized spacial score (nSPS) is 16.9. The Hall–Kier alpha value is -2.10. The summed E-state index contributed by atoms with van der Waals surface area (Å²) in [5.74, 6) is -0.224. The molecule has 2 N–H and O–H groups in total. The van der Waals surface area contributed by atoms with Gasteiger partial charge in [-0.3, -0.25) is 9.59 Å². The maximum atomic E-state index is 12.2. The van der Waals surface area contributed by atoms with Crippen molar-refractivity contribution in [1.29, 1.82) is 0 Å². The van der Waals surface area contributed by atoms with Crippen LogP contribution in [0.1, 0.15) is 35.7 Å². The minimum Gasteiger partial charge on any atom is -0.375 e. The average Bonchev–Trinajstić information content (AvgIpc) is 2.47. The fraction of sp³-hybridized carbons (Fsp3) is 0.412. The lowest BCUT2D eigenvalue weighted by molar-refractivity contribution is -0.123. The molecule has 0 saturated carbocycles. The minimum absolute atomic E-state index is 0.0181. The Morgan fingerprint density at radius 3 is 2.29 bits per heavy atom. The summed E-state index contributed by atoms with van der Waals surface area (Å²) < 4.78 is 0. The Morgan fingerprint density at radius 1 is 1.19 bits per heavy atom.